The summed E-state index contributed by atoms with van der Waals surface area (Å²) in [6, 6.07) is 3.78. The first-order valence-corrected chi connectivity index (χ1v) is 7.39. The van der Waals surface area contributed by atoms with Crippen LogP contribution in [0.1, 0.15) is 22.2 Å². The van der Waals surface area contributed by atoms with E-state index in [4.69, 9.17) is 11.6 Å². The van der Waals surface area contributed by atoms with Crippen LogP contribution in [0.25, 0.3) is 0 Å². The first-order chi connectivity index (χ1) is 10.6. The Kier molecular flexibility index (Phi) is 5.62. The summed E-state index contributed by atoms with van der Waals surface area (Å²) in [5.41, 5.74) is -0.00592. The molecule has 0 saturated carbocycles. The molecule has 23 heavy (non-hydrogen) atoms. The topological polar surface area (TPSA) is 50.2 Å². The fourth-order valence-electron chi connectivity index (χ4n) is 2.69. The molecule has 124 valence electrons. The van der Waals surface area contributed by atoms with Crippen molar-refractivity contribution >= 4 is 29.9 Å². The number of imidazole rings is 1. The quantitative estimate of drug-likeness (QED) is 0.896. The van der Waals surface area contributed by atoms with Gasteiger partial charge in [0.05, 0.1) is 5.56 Å². The van der Waals surface area contributed by atoms with Gasteiger partial charge >= 0.3 is 0 Å². The Morgan fingerprint density at radius 1 is 1.48 bits per heavy atom. The first-order valence-electron chi connectivity index (χ1n) is 7.02. The van der Waals surface area contributed by atoms with Gasteiger partial charge < -0.3 is 14.8 Å². The van der Waals surface area contributed by atoms with Crippen molar-refractivity contribution in [3.63, 3.8) is 0 Å². The Labute approximate surface area is 144 Å². The minimum absolute atomic E-state index is 0. The van der Waals surface area contributed by atoms with Crippen molar-refractivity contribution in [2.24, 2.45) is 7.05 Å². The van der Waals surface area contributed by atoms with Crippen LogP contribution in [0.5, 0.6) is 0 Å². The van der Waals surface area contributed by atoms with E-state index in [-0.39, 0.29) is 29.9 Å². The van der Waals surface area contributed by atoms with Crippen molar-refractivity contribution in [1.82, 2.24) is 19.8 Å². The number of carbonyl (C=O) groups is 1. The third-order valence-corrected chi connectivity index (χ3v) is 4.05. The summed E-state index contributed by atoms with van der Waals surface area (Å²) >= 11 is 5.89. The standard InChI is InChI=1S/C15H16ClFN4O.ClH/c1-20-6-5-19-14(20)13-9-18-4-7-21(13)15(22)11-8-10(16)2-3-12(11)17;/h2-3,5-6,8,13,18H,4,7,9H2,1H3;1H. The van der Waals surface area contributed by atoms with Crippen LogP contribution < -0.4 is 5.32 Å². The van der Waals surface area contributed by atoms with Crippen LogP contribution in [0.15, 0.2) is 30.6 Å². The van der Waals surface area contributed by atoms with E-state index in [1.165, 1.54) is 18.2 Å². The molecule has 1 fully saturated rings. The highest BCUT2D eigenvalue weighted by Crippen LogP contribution is 2.24. The number of rotatable bonds is 2. The Hall–Kier alpha value is -1.63. The summed E-state index contributed by atoms with van der Waals surface area (Å²) in [5, 5.41) is 3.59. The maximum Gasteiger partial charge on any atom is 0.257 e. The second kappa shape index (κ2) is 7.29. The molecule has 0 bridgehead atoms. The highest BCUT2D eigenvalue weighted by molar-refractivity contribution is 6.31. The molecule has 0 spiro atoms. The number of hydrogen-bond donors (Lipinski definition) is 1. The molecule has 1 aliphatic heterocycles. The average Bonchev–Trinajstić information content (AvgIpc) is 2.95. The molecular weight excluding hydrogens is 342 g/mol. The van der Waals surface area contributed by atoms with Crippen LogP contribution in [0.4, 0.5) is 4.39 Å². The molecule has 1 aromatic heterocycles. The minimum Gasteiger partial charge on any atom is -0.336 e. The van der Waals surface area contributed by atoms with Gasteiger partial charge in [0.25, 0.3) is 5.91 Å². The van der Waals surface area contributed by atoms with E-state index in [1.807, 2.05) is 17.8 Å². The molecule has 1 N–H and O–H groups in total. The van der Waals surface area contributed by atoms with Gasteiger partial charge in [-0.15, -0.1) is 12.4 Å². The Balaban J connectivity index is 0.00000192. The summed E-state index contributed by atoms with van der Waals surface area (Å²) in [4.78, 5) is 18.7. The summed E-state index contributed by atoms with van der Waals surface area (Å²) in [6.07, 6.45) is 3.51. The van der Waals surface area contributed by atoms with Crippen LogP contribution >= 0.6 is 24.0 Å². The highest BCUT2D eigenvalue weighted by atomic mass is 35.5. The summed E-state index contributed by atoms with van der Waals surface area (Å²) < 4.78 is 15.8. The van der Waals surface area contributed by atoms with Gasteiger partial charge in [-0.3, -0.25) is 4.79 Å². The zero-order chi connectivity index (χ0) is 15.7. The highest BCUT2D eigenvalue weighted by Gasteiger charge is 2.32. The first kappa shape index (κ1) is 17.7. The number of halogens is 3. The number of carbonyl (C=O) groups excluding carboxylic acids is 1. The maximum absolute atomic E-state index is 14.0. The lowest BCUT2D eigenvalue weighted by Crippen LogP contribution is -2.49. The summed E-state index contributed by atoms with van der Waals surface area (Å²) in [7, 11) is 1.87. The number of nitrogens with one attached hydrogen (secondary N) is 1. The van der Waals surface area contributed by atoms with E-state index < -0.39 is 5.82 Å². The number of aromatic nitrogens is 2. The molecule has 0 radical (unpaired) electrons. The molecule has 2 aromatic rings. The SMILES string of the molecule is Cl.Cn1ccnc1C1CNCCN1C(=O)c1cc(Cl)ccc1F. The van der Waals surface area contributed by atoms with Crippen LogP contribution in [0, 0.1) is 5.82 Å². The van der Waals surface area contributed by atoms with E-state index in [0.717, 1.165) is 5.82 Å². The van der Waals surface area contributed by atoms with Gasteiger partial charge in [0, 0.05) is 44.1 Å². The van der Waals surface area contributed by atoms with Gasteiger partial charge in [-0.05, 0) is 18.2 Å². The number of hydrogen-bond acceptors (Lipinski definition) is 3. The van der Waals surface area contributed by atoms with Gasteiger partial charge in [-0.25, -0.2) is 9.37 Å². The molecule has 1 unspecified atom stereocenters. The van der Waals surface area contributed by atoms with E-state index in [9.17, 15) is 9.18 Å². The van der Waals surface area contributed by atoms with E-state index in [1.54, 1.807) is 11.1 Å². The maximum atomic E-state index is 14.0. The van der Waals surface area contributed by atoms with Crippen molar-refractivity contribution in [2.45, 2.75) is 6.04 Å². The molecule has 5 nitrogen and oxygen atoms in total. The van der Waals surface area contributed by atoms with Crippen molar-refractivity contribution in [3.8, 4) is 0 Å². The van der Waals surface area contributed by atoms with Crippen LogP contribution in [0.2, 0.25) is 5.02 Å². The number of nitrogens with zero attached hydrogens (tertiary/aromatic N) is 3. The fourth-order valence-corrected chi connectivity index (χ4v) is 2.86. The molecule has 8 heteroatoms. The number of benzene rings is 1. The van der Waals surface area contributed by atoms with Gasteiger partial charge in [0.15, 0.2) is 0 Å². The molecule has 1 amide bonds. The van der Waals surface area contributed by atoms with Gasteiger partial charge in [0.2, 0.25) is 0 Å². The molecule has 1 atom stereocenters. The van der Waals surface area contributed by atoms with Crippen LogP contribution in [-0.2, 0) is 7.05 Å². The predicted octanol–water partition coefficient (Wildman–Crippen LogP) is 2.42. The third kappa shape index (κ3) is 3.49. The Morgan fingerprint density at radius 3 is 2.96 bits per heavy atom. The zero-order valence-corrected chi connectivity index (χ0v) is 14.1. The molecule has 1 aromatic carbocycles. The molecule has 0 aliphatic carbocycles. The second-order valence-corrected chi connectivity index (χ2v) is 5.68. The fraction of sp³-hybridized carbons (Fsp3) is 0.333. The molecular formula is C15H17Cl2FN4O. The van der Waals surface area contributed by atoms with Crippen LogP contribution in [-0.4, -0.2) is 40.0 Å². The minimum atomic E-state index is -0.563. The Bertz CT molecular complexity index is 707. The van der Waals surface area contributed by atoms with Crippen LogP contribution in [0.3, 0.4) is 0 Å². The largest absolute Gasteiger partial charge is 0.336 e. The lowest BCUT2D eigenvalue weighted by molar-refractivity contribution is 0.0616. The van der Waals surface area contributed by atoms with E-state index in [2.05, 4.69) is 10.3 Å². The molecule has 2 heterocycles. The average molecular weight is 359 g/mol. The molecule has 3 rings (SSSR count). The monoisotopic (exact) mass is 358 g/mol. The number of amides is 1. The normalized spacial score (nSPS) is 17.7. The third-order valence-electron chi connectivity index (χ3n) is 3.82. The zero-order valence-electron chi connectivity index (χ0n) is 12.5. The lowest BCUT2D eigenvalue weighted by atomic mass is 10.1. The van der Waals surface area contributed by atoms with Gasteiger partial charge in [0.1, 0.15) is 17.7 Å². The van der Waals surface area contributed by atoms with Crippen molar-refractivity contribution in [2.75, 3.05) is 19.6 Å². The Morgan fingerprint density at radius 2 is 2.26 bits per heavy atom. The molecule has 1 saturated heterocycles. The van der Waals surface area contributed by atoms with Crippen molar-refractivity contribution in [1.29, 1.82) is 0 Å². The summed E-state index contributed by atoms with van der Waals surface area (Å²) in [5.74, 6) is -0.163. The number of piperazine rings is 1. The van der Waals surface area contributed by atoms with E-state index in [0.29, 0.717) is 24.7 Å². The smallest absolute Gasteiger partial charge is 0.257 e. The number of aryl methyl sites for hydroxylation is 1. The van der Waals surface area contributed by atoms with Gasteiger partial charge in [-0.1, -0.05) is 11.6 Å². The van der Waals surface area contributed by atoms with Gasteiger partial charge in [-0.2, -0.15) is 0 Å². The molecule has 1 aliphatic rings. The summed E-state index contributed by atoms with van der Waals surface area (Å²) in [6.45, 7) is 1.73. The second-order valence-electron chi connectivity index (χ2n) is 5.24. The van der Waals surface area contributed by atoms with Crippen molar-refractivity contribution < 1.29 is 9.18 Å². The van der Waals surface area contributed by atoms with E-state index >= 15 is 0 Å². The van der Waals surface area contributed by atoms with Crippen molar-refractivity contribution in [3.05, 3.63) is 52.8 Å². The predicted molar refractivity (Wildman–Crippen MR) is 88.5 cm³/mol. The lowest BCUT2D eigenvalue weighted by Gasteiger charge is -2.35.